The Hall–Kier alpha value is -2.43. The van der Waals surface area contributed by atoms with E-state index in [1.165, 1.54) is 10.6 Å². The molecular weight excluding hydrogens is 396 g/mol. The lowest BCUT2D eigenvalue weighted by molar-refractivity contribution is -0.133. The first kappa shape index (κ1) is 18.4. The Morgan fingerprint density at radius 3 is 2.46 bits per heavy atom. The minimum absolute atomic E-state index is 0.0264. The van der Waals surface area contributed by atoms with Crippen LogP contribution in [0.25, 0.3) is 0 Å². The topological polar surface area (TPSA) is 69.3 Å². The molecule has 3 rings (SSSR count). The molecule has 7 heteroatoms. The van der Waals surface area contributed by atoms with Crippen LogP contribution < -0.4 is 5.56 Å². The van der Waals surface area contributed by atoms with Gasteiger partial charge in [0.15, 0.2) is 0 Å². The number of hydrogen-bond acceptors (Lipinski definition) is 4. The second-order valence-corrected chi connectivity index (χ2v) is 7.09. The number of piperazine rings is 1. The number of nitriles is 1. The molecule has 134 valence electrons. The molecular formula is C19H19BrN4O2. The highest BCUT2D eigenvalue weighted by Gasteiger charge is 2.27. The molecule has 1 atom stereocenters. The minimum atomic E-state index is -0.304. The maximum atomic E-state index is 12.5. The average molecular weight is 415 g/mol. The van der Waals surface area contributed by atoms with Gasteiger partial charge >= 0.3 is 0 Å². The van der Waals surface area contributed by atoms with Crippen molar-refractivity contribution in [2.24, 2.45) is 0 Å². The summed E-state index contributed by atoms with van der Waals surface area (Å²) in [6.07, 6.45) is 1.62. The van der Waals surface area contributed by atoms with Gasteiger partial charge in [-0.05, 0) is 27.6 Å². The smallest absolute Gasteiger partial charge is 0.251 e. The zero-order valence-electron chi connectivity index (χ0n) is 14.2. The number of pyridine rings is 1. The first-order valence-corrected chi connectivity index (χ1v) is 9.20. The van der Waals surface area contributed by atoms with Crippen molar-refractivity contribution in [3.8, 4) is 6.07 Å². The van der Waals surface area contributed by atoms with Crippen molar-refractivity contribution in [1.82, 2.24) is 14.4 Å². The number of hydrogen-bond donors (Lipinski definition) is 0. The maximum absolute atomic E-state index is 12.5. The van der Waals surface area contributed by atoms with Crippen LogP contribution in [0.5, 0.6) is 0 Å². The summed E-state index contributed by atoms with van der Waals surface area (Å²) in [6, 6.07) is 14.8. The van der Waals surface area contributed by atoms with E-state index >= 15 is 0 Å². The summed E-state index contributed by atoms with van der Waals surface area (Å²) in [5, 5.41) is 9.54. The van der Waals surface area contributed by atoms with E-state index in [9.17, 15) is 14.9 Å². The zero-order chi connectivity index (χ0) is 18.5. The molecule has 1 aromatic carbocycles. The second-order valence-electron chi connectivity index (χ2n) is 6.17. The summed E-state index contributed by atoms with van der Waals surface area (Å²) in [5.41, 5.74) is 0.768. The van der Waals surface area contributed by atoms with E-state index in [4.69, 9.17) is 0 Å². The Morgan fingerprint density at radius 1 is 1.12 bits per heavy atom. The Bertz CT molecular complexity index is 867. The lowest BCUT2D eigenvalue weighted by Crippen LogP contribution is -2.50. The first-order chi connectivity index (χ1) is 12.6. The number of carbonyl (C=O) groups excluding carboxylic acids is 1. The molecule has 2 aromatic rings. The van der Waals surface area contributed by atoms with Crippen LogP contribution in [0.1, 0.15) is 11.6 Å². The highest BCUT2D eigenvalue weighted by molar-refractivity contribution is 9.10. The Kier molecular flexibility index (Phi) is 5.86. The zero-order valence-corrected chi connectivity index (χ0v) is 15.8. The van der Waals surface area contributed by atoms with Crippen LogP contribution in [-0.4, -0.2) is 46.5 Å². The summed E-state index contributed by atoms with van der Waals surface area (Å²) >= 11 is 3.31. The predicted molar refractivity (Wildman–Crippen MR) is 101 cm³/mol. The maximum Gasteiger partial charge on any atom is 0.251 e. The van der Waals surface area contributed by atoms with E-state index in [0.717, 1.165) is 10.0 Å². The molecule has 1 amide bonds. The number of benzene rings is 1. The second kappa shape index (κ2) is 8.30. The molecule has 1 aromatic heterocycles. The first-order valence-electron chi connectivity index (χ1n) is 8.41. The van der Waals surface area contributed by atoms with Gasteiger partial charge in [0.2, 0.25) is 5.91 Å². The molecule has 0 spiro atoms. The van der Waals surface area contributed by atoms with Gasteiger partial charge in [-0.15, -0.1) is 0 Å². The Morgan fingerprint density at radius 2 is 1.81 bits per heavy atom. The minimum Gasteiger partial charge on any atom is -0.339 e. The molecule has 0 N–H and O–H groups in total. The van der Waals surface area contributed by atoms with Crippen molar-refractivity contribution in [2.45, 2.75) is 12.6 Å². The molecule has 6 nitrogen and oxygen atoms in total. The number of carbonyl (C=O) groups is 1. The highest BCUT2D eigenvalue weighted by atomic mass is 79.9. The number of nitrogens with zero attached hydrogens (tertiary/aromatic N) is 4. The molecule has 2 heterocycles. The van der Waals surface area contributed by atoms with Gasteiger partial charge in [-0.1, -0.05) is 30.3 Å². The molecule has 1 aliphatic rings. The quantitative estimate of drug-likeness (QED) is 0.767. The number of rotatable bonds is 4. The lowest BCUT2D eigenvalue weighted by atomic mass is 10.1. The van der Waals surface area contributed by atoms with Crippen LogP contribution in [0.4, 0.5) is 0 Å². The van der Waals surface area contributed by atoms with Gasteiger partial charge in [0.25, 0.3) is 5.56 Å². The molecule has 1 fully saturated rings. The molecule has 26 heavy (non-hydrogen) atoms. The van der Waals surface area contributed by atoms with Gasteiger partial charge in [0.1, 0.15) is 12.6 Å². The Balaban J connectivity index is 1.61. The van der Waals surface area contributed by atoms with Gasteiger partial charge in [-0.3, -0.25) is 14.5 Å². The van der Waals surface area contributed by atoms with Crippen LogP contribution >= 0.6 is 15.9 Å². The van der Waals surface area contributed by atoms with E-state index in [0.29, 0.717) is 26.2 Å². The summed E-state index contributed by atoms with van der Waals surface area (Å²) in [4.78, 5) is 28.2. The summed E-state index contributed by atoms with van der Waals surface area (Å²) < 4.78 is 2.16. The highest BCUT2D eigenvalue weighted by Crippen LogP contribution is 2.21. The monoisotopic (exact) mass is 414 g/mol. The van der Waals surface area contributed by atoms with Crippen molar-refractivity contribution in [2.75, 3.05) is 26.2 Å². The van der Waals surface area contributed by atoms with Gasteiger partial charge in [-0.25, -0.2) is 0 Å². The van der Waals surface area contributed by atoms with E-state index in [-0.39, 0.29) is 24.1 Å². The average Bonchev–Trinajstić information content (AvgIpc) is 2.67. The van der Waals surface area contributed by atoms with Crippen LogP contribution in [0, 0.1) is 11.3 Å². The molecule has 0 aliphatic carbocycles. The number of aromatic nitrogens is 1. The van der Waals surface area contributed by atoms with E-state index < -0.39 is 0 Å². The predicted octanol–water partition coefficient (Wildman–Crippen LogP) is 2.02. The molecule has 1 unspecified atom stereocenters. The van der Waals surface area contributed by atoms with Crippen molar-refractivity contribution < 1.29 is 4.79 Å². The summed E-state index contributed by atoms with van der Waals surface area (Å²) in [5.74, 6) is -0.0851. The fourth-order valence-electron chi connectivity index (χ4n) is 3.10. The molecule has 0 radical (unpaired) electrons. The molecule has 1 aliphatic heterocycles. The van der Waals surface area contributed by atoms with E-state index in [1.54, 1.807) is 17.2 Å². The van der Waals surface area contributed by atoms with Crippen molar-refractivity contribution >= 4 is 21.8 Å². The standard InChI is InChI=1S/C19H19BrN4O2/c20-16-6-7-18(25)24(13-16)14-19(26)23-10-8-22(9-11-23)17(12-21)15-4-2-1-3-5-15/h1-7,13,17H,8-11,14H2. The fraction of sp³-hybridized carbons (Fsp3) is 0.316. The number of halogens is 1. The normalized spacial score (nSPS) is 16.1. The summed E-state index contributed by atoms with van der Waals surface area (Å²) in [7, 11) is 0. The summed E-state index contributed by atoms with van der Waals surface area (Å²) in [6.45, 7) is 2.39. The third-order valence-corrected chi connectivity index (χ3v) is 4.99. The number of amides is 1. The van der Waals surface area contributed by atoms with E-state index in [1.807, 2.05) is 30.3 Å². The molecule has 0 bridgehead atoms. The van der Waals surface area contributed by atoms with Crippen LogP contribution in [0.2, 0.25) is 0 Å². The Labute approximate surface area is 160 Å². The molecule has 1 saturated heterocycles. The van der Waals surface area contributed by atoms with Crippen molar-refractivity contribution in [3.63, 3.8) is 0 Å². The van der Waals surface area contributed by atoms with Gasteiger partial charge < -0.3 is 9.47 Å². The third kappa shape index (κ3) is 4.21. The molecule has 0 saturated carbocycles. The van der Waals surface area contributed by atoms with Crippen molar-refractivity contribution in [1.29, 1.82) is 5.26 Å². The van der Waals surface area contributed by atoms with Gasteiger partial charge in [0.05, 0.1) is 6.07 Å². The van der Waals surface area contributed by atoms with Gasteiger partial charge in [0, 0.05) is 42.9 Å². The van der Waals surface area contributed by atoms with Crippen LogP contribution in [0.15, 0.2) is 57.9 Å². The third-order valence-electron chi connectivity index (χ3n) is 4.52. The van der Waals surface area contributed by atoms with Gasteiger partial charge in [-0.2, -0.15) is 5.26 Å². The van der Waals surface area contributed by atoms with Crippen LogP contribution in [-0.2, 0) is 11.3 Å². The fourth-order valence-corrected chi connectivity index (χ4v) is 3.48. The van der Waals surface area contributed by atoms with E-state index in [2.05, 4.69) is 26.9 Å². The SMILES string of the molecule is N#CC(c1ccccc1)N1CCN(C(=O)Cn2cc(Br)ccc2=O)CC1. The van der Waals surface area contributed by atoms with Crippen LogP contribution in [0.3, 0.4) is 0 Å². The lowest BCUT2D eigenvalue weighted by Gasteiger charge is -2.37. The largest absolute Gasteiger partial charge is 0.339 e. The van der Waals surface area contributed by atoms with Crippen molar-refractivity contribution in [3.05, 3.63) is 69.1 Å².